The lowest BCUT2D eigenvalue weighted by molar-refractivity contribution is 0.293. The molecule has 0 unspecified atom stereocenters. The van der Waals surface area contributed by atoms with Crippen LogP contribution in [0.3, 0.4) is 0 Å². The molecular weight excluding hydrogens is 250 g/mol. The van der Waals surface area contributed by atoms with Crippen LogP contribution in [0.1, 0.15) is 12.8 Å². The Morgan fingerprint density at radius 1 is 1.54 bits per heavy atom. The third-order valence-corrected chi connectivity index (χ3v) is 2.92. The van der Waals surface area contributed by atoms with Crippen molar-refractivity contribution < 1.29 is 4.74 Å². The average Bonchev–Trinajstić information content (AvgIpc) is 2.92. The first-order valence-electron chi connectivity index (χ1n) is 4.17. The summed E-state index contributed by atoms with van der Waals surface area (Å²) >= 11 is 4.95. The van der Waals surface area contributed by atoms with E-state index in [-0.39, 0.29) is 0 Å². The molecule has 2 rings (SSSR count). The van der Waals surface area contributed by atoms with Gasteiger partial charge in [-0.15, -0.1) is 11.8 Å². The fraction of sp³-hybridized carbons (Fsp3) is 0.444. The SMILES string of the molecule is CSc1nc(Br)ccc1OC1CC1. The van der Waals surface area contributed by atoms with Crippen molar-refractivity contribution in [3.63, 3.8) is 0 Å². The smallest absolute Gasteiger partial charge is 0.151 e. The average molecular weight is 260 g/mol. The van der Waals surface area contributed by atoms with Crippen LogP contribution in [-0.2, 0) is 0 Å². The van der Waals surface area contributed by atoms with E-state index in [0.717, 1.165) is 15.4 Å². The van der Waals surface area contributed by atoms with E-state index in [2.05, 4.69) is 20.9 Å². The van der Waals surface area contributed by atoms with E-state index < -0.39 is 0 Å². The third-order valence-electron chi connectivity index (χ3n) is 1.80. The van der Waals surface area contributed by atoms with E-state index in [4.69, 9.17) is 4.74 Å². The molecule has 1 aliphatic carbocycles. The van der Waals surface area contributed by atoms with Crippen molar-refractivity contribution in [1.29, 1.82) is 0 Å². The third kappa shape index (κ3) is 2.38. The largest absolute Gasteiger partial charge is 0.488 e. The number of ether oxygens (including phenoxy) is 1. The second-order valence-corrected chi connectivity index (χ2v) is 4.57. The molecule has 2 nitrogen and oxygen atoms in total. The van der Waals surface area contributed by atoms with Gasteiger partial charge in [-0.1, -0.05) is 0 Å². The van der Waals surface area contributed by atoms with Gasteiger partial charge in [-0.3, -0.25) is 0 Å². The van der Waals surface area contributed by atoms with E-state index >= 15 is 0 Å². The minimum Gasteiger partial charge on any atom is -0.488 e. The van der Waals surface area contributed by atoms with Gasteiger partial charge in [-0.25, -0.2) is 4.98 Å². The number of halogens is 1. The summed E-state index contributed by atoms with van der Waals surface area (Å²) in [5.74, 6) is 0.915. The number of pyridine rings is 1. The van der Waals surface area contributed by atoms with E-state index in [9.17, 15) is 0 Å². The Hall–Kier alpha value is -0.220. The molecule has 1 heterocycles. The number of nitrogens with zero attached hydrogens (tertiary/aromatic N) is 1. The van der Waals surface area contributed by atoms with Gasteiger partial charge in [0.1, 0.15) is 9.63 Å². The summed E-state index contributed by atoms with van der Waals surface area (Å²) in [4.78, 5) is 4.33. The van der Waals surface area contributed by atoms with Gasteiger partial charge < -0.3 is 4.74 Å². The molecule has 4 heteroatoms. The standard InChI is InChI=1S/C9H10BrNOS/c1-13-9-7(12-6-2-3-6)4-5-8(10)11-9/h4-6H,2-3H2,1H3. The molecule has 0 saturated heterocycles. The molecule has 1 fully saturated rings. The molecule has 0 bridgehead atoms. The normalized spacial score (nSPS) is 15.8. The monoisotopic (exact) mass is 259 g/mol. The van der Waals surface area contributed by atoms with Crippen LogP contribution in [0.5, 0.6) is 5.75 Å². The van der Waals surface area contributed by atoms with Crippen molar-refractivity contribution in [2.45, 2.75) is 24.0 Å². The first-order chi connectivity index (χ1) is 6.29. The Morgan fingerprint density at radius 2 is 2.31 bits per heavy atom. The molecular formula is C9H10BrNOS. The zero-order chi connectivity index (χ0) is 9.26. The molecule has 70 valence electrons. The fourth-order valence-corrected chi connectivity index (χ4v) is 1.94. The summed E-state index contributed by atoms with van der Waals surface area (Å²) in [6.45, 7) is 0. The minimum absolute atomic E-state index is 0.439. The van der Waals surface area contributed by atoms with Crippen LogP contribution in [0.2, 0.25) is 0 Å². The van der Waals surface area contributed by atoms with Crippen molar-refractivity contribution in [2.24, 2.45) is 0 Å². The highest BCUT2D eigenvalue weighted by Crippen LogP contribution is 2.32. The zero-order valence-corrected chi connectivity index (χ0v) is 9.69. The van der Waals surface area contributed by atoms with Crippen molar-refractivity contribution >= 4 is 27.7 Å². The quantitative estimate of drug-likeness (QED) is 0.615. The van der Waals surface area contributed by atoms with Crippen LogP contribution in [-0.4, -0.2) is 17.3 Å². The van der Waals surface area contributed by atoms with Crippen LogP contribution in [0.25, 0.3) is 0 Å². The molecule has 1 aromatic rings. The minimum atomic E-state index is 0.439. The van der Waals surface area contributed by atoms with Gasteiger partial charge in [0, 0.05) is 0 Å². The lowest BCUT2D eigenvalue weighted by Crippen LogP contribution is -1.98. The maximum atomic E-state index is 5.70. The van der Waals surface area contributed by atoms with Crippen LogP contribution in [0.15, 0.2) is 21.8 Å². The second-order valence-electron chi connectivity index (χ2n) is 2.96. The number of hydrogen-bond donors (Lipinski definition) is 0. The van der Waals surface area contributed by atoms with Gasteiger partial charge in [-0.05, 0) is 47.2 Å². The Balaban J connectivity index is 2.21. The number of hydrogen-bond acceptors (Lipinski definition) is 3. The summed E-state index contributed by atoms with van der Waals surface area (Å²) in [5.41, 5.74) is 0. The van der Waals surface area contributed by atoms with Crippen molar-refractivity contribution in [2.75, 3.05) is 6.26 Å². The van der Waals surface area contributed by atoms with Crippen molar-refractivity contribution in [3.8, 4) is 5.75 Å². The van der Waals surface area contributed by atoms with Gasteiger partial charge >= 0.3 is 0 Å². The first kappa shape index (κ1) is 9.34. The number of aromatic nitrogens is 1. The summed E-state index contributed by atoms with van der Waals surface area (Å²) in [6.07, 6.45) is 4.82. The molecule has 0 amide bonds. The lowest BCUT2D eigenvalue weighted by Gasteiger charge is -2.07. The Kier molecular flexibility index (Phi) is 2.79. The molecule has 1 aliphatic rings. The maximum Gasteiger partial charge on any atom is 0.151 e. The highest BCUT2D eigenvalue weighted by Gasteiger charge is 2.24. The zero-order valence-electron chi connectivity index (χ0n) is 7.29. The van der Waals surface area contributed by atoms with Crippen molar-refractivity contribution in [3.05, 3.63) is 16.7 Å². The molecule has 0 N–H and O–H groups in total. The van der Waals surface area contributed by atoms with Crippen LogP contribution >= 0.6 is 27.7 Å². The topological polar surface area (TPSA) is 22.1 Å². The lowest BCUT2D eigenvalue weighted by atomic mass is 10.4. The highest BCUT2D eigenvalue weighted by atomic mass is 79.9. The van der Waals surface area contributed by atoms with Gasteiger partial charge in [0.2, 0.25) is 0 Å². The molecule has 1 aromatic heterocycles. The van der Waals surface area contributed by atoms with Crippen LogP contribution < -0.4 is 4.74 Å². The van der Waals surface area contributed by atoms with Crippen LogP contribution in [0, 0.1) is 0 Å². The summed E-state index contributed by atoms with van der Waals surface area (Å²) in [7, 11) is 0. The Morgan fingerprint density at radius 3 is 2.92 bits per heavy atom. The maximum absolute atomic E-state index is 5.70. The number of thioether (sulfide) groups is 1. The molecule has 0 aromatic carbocycles. The van der Waals surface area contributed by atoms with Gasteiger partial charge in [-0.2, -0.15) is 0 Å². The molecule has 0 aliphatic heterocycles. The molecule has 1 saturated carbocycles. The molecule has 0 radical (unpaired) electrons. The fourth-order valence-electron chi connectivity index (χ4n) is 1.01. The highest BCUT2D eigenvalue weighted by molar-refractivity contribution is 9.10. The predicted molar refractivity (Wildman–Crippen MR) is 57.4 cm³/mol. The molecule has 0 spiro atoms. The van der Waals surface area contributed by atoms with E-state index in [1.54, 1.807) is 11.8 Å². The van der Waals surface area contributed by atoms with E-state index in [0.29, 0.717) is 6.10 Å². The first-order valence-corrected chi connectivity index (χ1v) is 6.18. The summed E-state index contributed by atoms with van der Waals surface area (Å²) in [5, 5.41) is 0.960. The van der Waals surface area contributed by atoms with E-state index in [1.165, 1.54) is 12.8 Å². The molecule has 13 heavy (non-hydrogen) atoms. The van der Waals surface area contributed by atoms with Crippen LogP contribution in [0.4, 0.5) is 0 Å². The second kappa shape index (κ2) is 3.88. The van der Waals surface area contributed by atoms with Gasteiger partial charge in [0.05, 0.1) is 6.10 Å². The molecule has 0 atom stereocenters. The van der Waals surface area contributed by atoms with Gasteiger partial charge in [0.25, 0.3) is 0 Å². The number of rotatable bonds is 3. The summed E-state index contributed by atoms with van der Waals surface area (Å²) in [6, 6.07) is 3.89. The van der Waals surface area contributed by atoms with Gasteiger partial charge in [0.15, 0.2) is 5.75 Å². The van der Waals surface area contributed by atoms with Crippen molar-refractivity contribution in [1.82, 2.24) is 4.98 Å². The Labute approximate surface area is 90.2 Å². The predicted octanol–water partition coefficient (Wildman–Crippen LogP) is 3.11. The summed E-state index contributed by atoms with van der Waals surface area (Å²) < 4.78 is 6.56. The Bertz CT molecular complexity index is 314. The van der Waals surface area contributed by atoms with E-state index in [1.807, 2.05) is 18.4 Å².